The van der Waals surface area contributed by atoms with Crippen LogP contribution < -0.4 is 0 Å². The molecule has 2 rings (SSSR count). The maximum Gasteiger partial charge on any atom is 0.143 e. The van der Waals surface area contributed by atoms with E-state index in [1.54, 1.807) is 6.07 Å². The van der Waals surface area contributed by atoms with Gasteiger partial charge in [-0.05, 0) is 31.5 Å². The van der Waals surface area contributed by atoms with Crippen molar-refractivity contribution in [3.63, 3.8) is 0 Å². The zero-order valence-electron chi connectivity index (χ0n) is 10.7. The van der Waals surface area contributed by atoms with Crippen LogP contribution in [-0.2, 0) is 11.8 Å². The van der Waals surface area contributed by atoms with Gasteiger partial charge in [0.15, 0.2) is 0 Å². The predicted molar refractivity (Wildman–Crippen MR) is 82.3 cm³/mol. The van der Waals surface area contributed by atoms with Gasteiger partial charge in [-0.3, -0.25) is 0 Å². The highest BCUT2D eigenvalue weighted by Crippen LogP contribution is 2.24. The molecular formula is C13H14BrCl2N3. The first kappa shape index (κ1) is 14.8. The van der Waals surface area contributed by atoms with Gasteiger partial charge in [-0.15, -0.1) is 10.2 Å². The molecule has 1 heterocycles. The van der Waals surface area contributed by atoms with Gasteiger partial charge in [-0.2, -0.15) is 0 Å². The molecular weight excluding hydrogens is 349 g/mol. The fourth-order valence-electron chi connectivity index (χ4n) is 2.00. The lowest BCUT2D eigenvalue weighted by Crippen LogP contribution is -2.09. The number of nitrogens with zero attached hydrogens (tertiary/aromatic N) is 3. The Morgan fingerprint density at radius 2 is 1.84 bits per heavy atom. The van der Waals surface area contributed by atoms with E-state index < -0.39 is 0 Å². The van der Waals surface area contributed by atoms with E-state index in [0.29, 0.717) is 27.8 Å². The van der Waals surface area contributed by atoms with Crippen molar-refractivity contribution < 1.29 is 0 Å². The van der Waals surface area contributed by atoms with Crippen LogP contribution in [0.25, 0.3) is 0 Å². The molecule has 0 aliphatic heterocycles. The van der Waals surface area contributed by atoms with Gasteiger partial charge in [-0.25, -0.2) is 0 Å². The number of benzene rings is 1. The van der Waals surface area contributed by atoms with E-state index in [0.717, 1.165) is 17.2 Å². The molecule has 0 amide bonds. The van der Waals surface area contributed by atoms with Crippen molar-refractivity contribution in [3.05, 3.63) is 45.5 Å². The Morgan fingerprint density at radius 1 is 1.16 bits per heavy atom. The minimum Gasteiger partial charge on any atom is -0.311 e. The normalized spacial score (nSPS) is 11.3. The zero-order valence-corrected chi connectivity index (χ0v) is 13.8. The van der Waals surface area contributed by atoms with Gasteiger partial charge in [0.2, 0.25) is 0 Å². The van der Waals surface area contributed by atoms with Gasteiger partial charge in [0.05, 0.1) is 15.4 Å². The van der Waals surface area contributed by atoms with Gasteiger partial charge in [-0.1, -0.05) is 45.2 Å². The van der Waals surface area contributed by atoms with Crippen molar-refractivity contribution in [3.8, 4) is 0 Å². The Labute approximate surface area is 131 Å². The Balaban J connectivity index is 2.32. The fourth-order valence-corrected chi connectivity index (χ4v) is 2.70. The molecule has 0 saturated heterocycles. The molecule has 0 fully saturated rings. The molecule has 102 valence electrons. The number of rotatable bonds is 4. The molecule has 0 aliphatic carbocycles. The van der Waals surface area contributed by atoms with Gasteiger partial charge in [0.25, 0.3) is 0 Å². The number of alkyl halides is 1. The SMILES string of the molecule is CC(C)n1c(CBr)nnc1Cc1ccc(Cl)c(Cl)c1. The summed E-state index contributed by atoms with van der Waals surface area (Å²) in [4.78, 5) is 0. The van der Waals surface area contributed by atoms with Gasteiger partial charge in [0, 0.05) is 12.5 Å². The van der Waals surface area contributed by atoms with E-state index in [4.69, 9.17) is 23.2 Å². The Bertz CT molecular complexity index is 581. The highest BCUT2D eigenvalue weighted by molar-refractivity contribution is 9.08. The van der Waals surface area contributed by atoms with Crippen LogP contribution in [0.4, 0.5) is 0 Å². The highest BCUT2D eigenvalue weighted by Gasteiger charge is 2.14. The second-order valence-electron chi connectivity index (χ2n) is 4.56. The van der Waals surface area contributed by atoms with E-state index in [9.17, 15) is 0 Å². The summed E-state index contributed by atoms with van der Waals surface area (Å²) in [6.07, 6.45) is 0.690. The highest BCUT2D eigenvalue weighted by atomic mass is 79.9. The van der Waals surface area contributed by atoms with Crippen LogP contribution in [0.15, 0.2) is 18.2 Å². The third-order valence-electron chi connectivity index (χ3n) is 2.82. The molecule has 0 radical (unpaired) electrons. The van der Waals surface area contributed by atoms with Crippen molar-refractivity contribution in [1.29, 1.82) is 0 Å². The monoisotopic (exact) mass is 361 g/mol. The first-order valence-electron chi connectivity index (χ1n) is 5.95. The molecule has 2 aromatic rings. The predicted octanol–water partition coefficient (Wildman–Crippen LogP) is 4.65. The molecule has 1 aromatic heterocycles. The van der Waals surface area contributed by atoms with E-state index in [2.05, 4.69) is 44.5 Å². The zero-order chi connectivity index (χ0) is 14.0. The minimum absolute atomic E-state index is 0.320. The molecule has 1 aromatic carbocycles. The molecule has 3 nitrogen and oxygen atoms in total. The average Bonchev–Trinajstić information content (AvgIpc) is 2.77. The maximum absolute atomic E-state index is 6.03. The average molecular weight is 363 g/mol. The van der Waals surface area contributed by atoms with Crippen molar-refractivity contribution in [2.24, 2.45) is 0 Å². The van der Waals surface area contributed by atoms with Crippen molar-refractivity contribution in [1.82, 2.24) is 14.8 Å². The van der Waals surface area contributed by atoms with Gasteiger partial charge in [0.1, 0.15) is 11.6 Å². The number of hydrogen-bond acceptors (Lipinski definition) is 2. The second kappa shape index (κ2) is 6.25. The fraction of sp³-hybridized carbons (Fsp3) is 0.385. The molecule has 0 N–H and O–H groups in total. The number of aromatic nitrogens is 3. The lowest BCUT2D eigenvalue weighted by molar-refractivity contribution is 0.558. The standard InChI is InChI=1S/C13H14BrCl2N3/c1-8(2)19-12(17-18-13(19)7-14)6-9-3-4-10(15)11(16)5-9/h3-5,8H,6-7H2,1-2H3. The second-order valence-corrected chi connectivity index (χ2v) is 5.93. The Morgan fingerprint density at radius 3 is 2.42 bits per heavy atom. The third kappa shape index (κ3) is 3.30. The minimum atomic E-state index is 0.320. The molecule has 6 heteroatoms. The summed E-state index contributed by atoms with van der Waals surface area (Å²) in [5.74, 6) is 1.87. The van der Waals surface area contributed by atoms with Crippen molar-refractivity contribution in [2.75, 3.05) is 0 Å². The van der Waals surface area contributed by atoms with Crippen molar-refractivity contribution in [2.45, 2.75) is 31.6 Å². The van der Waals surface area contributed by atoms with E-state index in [-0.39, 0.29) is 0 Å². The first-order valence-corrected chi connectivity index (χ1v) is 7.83. The smallest absolute Gasteiger partial charge is 0.143 e. The molecule has 0 aliphatic rings. The Hall–Kier alpha value is -0.580. The van der Waals surface area contributed by atoms with Crippen LogP contribution in [0.3, 0.4) is 0 Å². The quantitative estimate of drug-likeness (QED) is 0.741. The van der Waals surface area contributed by atoms with Crippen LogP contribution in [-0.4, -0.2) is 14.8 Å². The maximum atomic E-state index is 6.03. The lowest BCUT2D eigenvalue weighted by Gasteiger charge is -2.13. The van der Waals surface area contributed by atoms with Crippen molar-refractivity contribution >= 4 is 39.1 Å². The summed E-state index contributed by atoms with van der Waals surface area (Å²) in [7, 11) is 0. The van der Waals surface area contributed by atoms with Crippen LogP contribution in [0.1, 0.15) is 37.1 Å². The van der Waals surface area contributed by atoms with E-state index >= 15 is 0 Å². The molecule has 0 saturated carbocycles. The summed E-state index contributed by atoms with van der Waals surface area (Å²) in [6.45, 7) is 4.24. The third-order valence-corrected chi connectivity index (χ3v) is 4.06. The summed E-state index contributed by atoms with van der Waals surface area (Å²) in [6, 6.07) is 5.96. The Kier molecular flexibility index (Phi) is 4.87. The number of halogens is 3. The van der Waals surface area contributed by atoms with Crippen LogP contribution >= 0.6 is 39.1 Å². The summed E-state index contributed by atoms with van der Waals surface area (Å²) >= 11 is 15.4. The van der Waals surface area contributed by atoms with E-state index in [1.165, 1.54) is 0 Å². The first-order chi connectivity index (χ1) is 9.02. The van der Waals surface area contributed by atoms with Crippen LogP contribution in [0.2, 0.25) is 10.0 Å². The molecule has 0 unspecified atom stereocenters. The van der Waals surface area contributed by atoms with Gasteiger partial charge >= 0.3 is 0 Å². The molecule has 0 spiro atoms. The summed E-state index contributed by atoms with van der Waals surface area (Å²) < 4.78 is 2.14. The summed E-state index contributed by atoms with van der Waals surface area (Å²) in [5.41, 5.74) is 1.07. The molecule has 19 heavy (non-hydrogen) atoms. The largest absolute Gasteiger partial charge is 0.311 e. The summed E-state index contributed by atoms with van der Waals surface area (Å²) in [5, 5.41) is 10.3. The lowest BCUT2D eigenvalue weighted by atomic mass is 10.1. The molecule has 0 bridgehead atoms. The van der Waals surface area contributed by atoms with Crippen LogP contribution in [0, 0.1) is 0 Å². The van der Waals surface area contributed by atoms with Crippen LogP contribution in [0.5, 0.6) is 0 Å². The van der Waals surface area contributed by atoms with Gasteiger partial charge < -0.3 is 4.57 Å². The topological polar surface area (TPSA) is 30.7 Å². The number of hydrogen-bond donors (Lipinski definition) is 0. The molecule has 0 atom stereocenters. The van der Waals surface area contributed by atoms with E-state index in [1.807, 2.05) is 12.1 Å².